The second-order valence-corrected chi connectivity index (χ2v) is 5.44. The number of halogens is 1. The van der Waals surface area contributed by atoms with Crippen LogP contribution in [0.25, 0.3) is 0 Å². The Kier molecular flexibility index (Phi) is 5.03. The van der Waals surface area contributed by atoms with Crippen molar-refractivity contribution in [3.63, 3.8) is 0 Å². The molecule has 2 rings (SSSR count). The number of nitrogens with one attached hydrogen (secondary N) is 1. The molecule has 0 unspecified atom stereocenters. The van der Waals surface area contributed by atoms with Gasteiger partial charge in [0.05, 0.1) is 24.4 Å². The molecule has 0 aliphatic heterocycles. The first-order valence-corrected chi connectivity index (χ1v) is 7.57. The van der Waals surface area contributed by atoms with Gasteiger partial charge in [0, 0.05) is 17.8 Å². The Bertz CT molecular complexity index is 725. The van der Waals surface area contributed by atoms with Crippen LogP contribution in [0, 0.1) is 19.7 Å². The first-order valence-electron chi connectivity index (χ1n) is 7.57. The molecule has 0 fully saturated rings. The second-order valence-electron chi connectivity index (χ2n) is 5.44. The first-order chi connectivity index (χ1) is 10.9. The fourth-order valence-corrected chi connectivity index (χ4v) is 2.85. The highest BCUT2D eigenvalue weighted by atomic mass is 19.1. The third-order valence-electron chi connectivity index (χ3n) is 3.92. The van der Waals surface area contributed by atoms with E-state index in [1.54, 1.807) is 0 Å². The van der Waals surface area contributed by atoms with E-state index in [-0.39, 0.29) is 17.5 Å². The number of carbonyl (C=O) groups is 1. The van der Waals surface area contributed by atoms with Gasteiger partial charge in [-0.1, -0.05) is 0 Å². The molecule has 1 aromatic heterocycles. The predicted octanol–water partition coefficient (Wildman–Crippen LogP) is 3.16. The Morgan fingerprint density at radius 3 is 2.70 bits per heavy atom. The van der Waals surface area contributed by atoms with Crippen molar-refractivity contribution >= 4 is 5.91 Å². The number of nitrogens with zero attached hydrogens (tertiary/aromatic N) is 2. The lowest BCUT2D eigenvalue weighted by molar-refractivity contribution is 0.0936. The summed E-state index contributed by atoms with van der Waals surface area (Å²) in [5.41, 5.74) is 3.06. The van der Waals surface area contributed by atoms with Crippen LogP contribution in [-0.4, -0.2) is 22.8 Å². The molecule has 1 amide bonds. The molecule has 0 radical (unpaired) electrons. The van der Waals surface area contributed by atoms with E-state index in [2.05, 4.69) is 10.4 Å². The molecule has 23 heavy (non-hydrogen) atoms. The number of amides is 1. The minimum atomic E-state index is -0.477. The Morgan fingerprint density at radius 2 is 2.13 bits per heavy atom. The molecule has 0 aliphatic carbocycles. The molecule has 0 spiro atoms. The minimum Gasteiger partial charge on any atom is -0.496 e. The zero-order chi connectivity index (χ0) is 17.1. The molecule has 124 valence electrons. The van der Waals surface area contributed by atoms with E-state index < -0.39 is 5.82 Å². The molecular weight excluding hydrogens is 297 g/mol. The van der Waals surface area contributed by atoms with Crippen molar-refractivity contribution in [1.29, 1.82) is 0 Å². The number of ether oxygens (including phenoxy) is 1. The zero-order valence-corrected chi connectivity index (χ0v) is 14.1. The fraction of sp³-hybridized carbons (Fsp3) is 0.412. The lowest BCUT2D eigenvalue weighted by Crippen LogP contribution is -2.28. The van der Waals surface area contributed by atoms with Crippen molar-refractivity contribution < 1.29 is 13.9 Å². The molecule has 1 heterocycles. The van der Waals surface area contributed by atoms with Crippen molar-refractivity contribution in [3.8, 4) is 5.75 Å². The molecule has 0 bridgehead atoms. The number of hydrogen-bond donors (Lipinski definition) is 1. The van der Waals surface area contributed by atoms with Crippen molar-refractivity contribution in [2.45, 2.75) is 40.3 Å². The largest absolute Gasteiger partial charge is 0.496 e. The van der Waals surface area contributed by atoms with Crippen LogP contribution in [0.4, 0.5) is 4.39 Å². The first kappa shape index (κ1) is 17.0. The summed E-state index contributed by atoms with van der Waals surface area (Å²) >= 11 is 0. The highest BCUT2D eigenvalue weighted by molar-refractivity contribution is 5.97. The zero-order valence-electron chi connectivity index (χ0n) is 14.1. The number of rotatable bonds is 5. The molecule has 1 atom stereocenters. The van der Waals surface area contributed by atoms with Gasteiger partial charge in [-0.15, -0.1) is 0 Å². The molecule has 2 aromatic rings. The molecule has 0 aliphatic rings. The summed E-state index contributed by atoms with van der Waals surface area (Å²) in [6, 6.07) is 3.64. The Balaban J connectivity index is 2.27. The quantitative estimate of drug-likeness (QED) is 0.921. The van der Waals surface area contributed by atoms with Gasteiger partial charge in [-0.25, -0.2) is 4.39 Å². The SMILES string of the molecule is CCn1nc(C)c([C@H](C)NC(=O)c2cc(F)ccc2OC)c1C. The van der Waals surface area contributed by atoms with Crippen molar-refractivity contribution in [1.82, 2.24) is 15.1 Å². The molecule has 0 saturated heterocycles. The van der Waals surface area contributed by atoms with E-state index in [0.717, 1.165) is 23.5 Å². The monoisotopic (exact) mass is 319 g/mol. The van der Waals surface area contributed by atoms with Gasteiger partial charge in [0.2, 0.25) is 0 Å². The summed E-state index contributed by atoms with van der Waals surface area (Å²) in [6.45, 7) is 8.57. The molecule has 1 N–H and O–H groups in total. The van der Waals surface area contributed by atoms with E-state index in [4.69, 9.17) is 4.74 Å². The molecule has 5 nitrogen and oxygen atoms in total. The number of hydrogen-bond acceptors (Lipinski definition) is 3. The summed E-state index contributed by atoms with van der Waals surface area (Å²) in [5.74, 6) is -0.513. The van der Waals surface area contributed by atoms with Gasteiger partial charge < -0.3 is 10.1 Å². The van der Waals surface area contributed by atoms with Crippen LogP contribution in [0.15, 0.2) is 18.2 Å². The predicted molar refractivity (Wildman–Crippen MR) is 86.2 cm³/mol. The van der Waals surface area contributed by atoms with Gasteiger partial charge >= 0.3 is 0 Å². The van der Waals surface area contributed by atoms with Gasteiger partial charge in [-0.05, 0) is 45.9 Å². The van der Waals surface area contributed by atoms with Crippen LogP contribution in [0.1, 0.15) is 47.2 Å². The van der Waals surface area contributed by atoms with E-state index in [0.29, 0.717) is 5.75 Å². The van der Waals surface area contributed by atoms with E-state index in [1.807, 2.05) is 32.4 Å². The van der Waals surface area contributed by atoms with Crippen molar-refractivity contribution in [3.05, 3.63) is 46.5 Å². The second kappa shape index (κ2) is 6.81. The maximum atomic E-state index is 13.4. The van der Waals surface area contributed by atoms with E-state index >= 15 is 0 Å². The summed E-state index contributed by atoms with van der Waals surface area (Å²) in [5, 5.41) is 7.35. The Morgan fingerprint density at radius 1 is 1.43 bits per heavy atom. The number of aromatic nitrogens is 2. The van der Waals surface area contributed by atoms with Crippen LogP contribution < -0.4 is 10.1 Å². The van der Waals surface area contributed by atoms with Gasteiger partial charge in [-0.3, -0.25) is 9.48 Å². The lowest BCUT2D eigenvalue weighted by Gasteiger charge is -2.16. The van der Waals surface area contributed by atoms with Crippen LogP contribution in [-0.2, 0) is 6.54 Å². The summed E-state index contributed by atoms with van der Waals surface area (Å²) in [4.78, 5) is 12.5. The number of aryl methyl sites for hydroxylation is 2. The van der Waals surface area contributed by atoms with E-state index in [9.17, 15) is 9.18 Å². The smallest absolute Gasteiger partial charge is 0.255 e. The van der Waals surface area contributed by atoms with Crippen LogP contribution in [0.3, 0.4) is 0 Å². The average molecular weight is 319 g/mol. The van der Waals surface area contributed by atoms with Crippen molar-refractivity contribution in [2.75, 3.05) is 7.11 Å². The van der Waals surface area contributed by atoms with Crippen molar-refractivity contribution in [2.24, 2.45) is 0 Å². The summed E-state index contributed by atoms with van der Waals surface area (Å²) < 4.78 is 20.5. The molecule has 6 heteroatoms. The normalized spacial score (nSPS) is 12.1. The maximum absolute atomic E-state index is 13.4. The highest BCUT2D eigenvalue weighted by Crippen LogP contribution is 2.24. The minimum absolute atomic E-state index is 0.178. The fourth-order valence-electron chi connectivity index (χ4n) is 2.85. The molecule has 0 saturated carbocycles. The highest BCUT2D eigenvalue weighted by Gasteiger charge is 2.21. The van der Waals surface area contributed by atoms with Crippen LogP contribution >= 0.6 is 0 Å². The topological polar surface area (TPSA) is 56.2 Å². The summed E-state index contributed by atoms with van der Waals surface area (Å²) in [7, 11) is 1.45. The van der Waals surface area contributed by atoms with Gasteiger partial charge in [-0.2, -0.15) is 5.10 Å². The summed E-state index contributed by atoms with van der Waals surface area (Å²) in [6.07, 6.45) is 0. The van der Waals surface area contributed by atoms with Crippen LogP contribution in [0.2, 0.25) is 0 Å². The number of benzene rings is 1. The third-order valence-corrected chi connectivity index (χ3v) is 3.92. The van der Waals surface area contributed by atoms with Gasteiger partial charge in [0.1, 0.15) is 11.6 Å². The Labute approximate surface area is 135 Å². The number of carbonyl (C=O) groups excluding carboxylic acids is 1. The van der Waals surface area contributed by atoms with Gasteiger partial charge in [0.15, 0.2) is 0 Å². The third kappa shape index (κ3) is 3.36. The average Bonchev–Trinajstić information content (AvgIpc) is 2.81. The molecular formula is C17H22FN3O2. The van der Waals surface area contributed by atoms with Crippen LogP contribution in [0.5, 0.6) is 5.75 Å². The maximum Gasteiger partial charge on any atom is 0.255 e. The Hall–Kier alpha value is -2.37. The lowest BCUT2D eigenvalue weighted by atomic mass is 10.1. The number of methoxy groups -OCH3 is 1. The standard InChI is InChI=1S/C17H22FN3O2/c1-6-21-12(4)16(11(3)20-21)10(2)19-17(22)14-9-13(18)7-8-15(14)23-5/h7-10H,6H2,1-5H3,(H,19,22)/t10-/m0/s1. The molecule has 1 aromatic carbocycles. The van der Waals surface area contributed by atoms with E-state index in [1.165, 1.54) is 25.3 Å². The van der Waals surface area contributed by atoms with Gasteiger partial charge in [0.25, 0.3) is 5.91 Å².